The highest BCUT2D eigenvalue weighted by Gasteiger charge is 2.01. The number of nitrogens with one attached hydrogen (secondary N) is 1. The molecule has 70 valence electrons. The normalized spacial score (nSPS) is 10.4. The first-order chi connectivity index (χ1) is 6.09. The van der Waals surface area contributed by atoms with Crippen LogP contribution in [0.5, 0.6) is 0 Å². The van der Waals surface area contributed by atoms with Crippen LogP contribution in [0, 0.1) is 5.41 Å². The van der Waals surface area contributed by atoms with Crippen LogP contribution in [0.4, 0.5) is 0 Å². The van der Waals surface area contributed by atoms with E-state index in [4.69, 9.17) is 11.1 Å². The highest BCUT2D eigenvalue weighted by molar-refractivity contribution is 5.78. The molecule has 0 aliphatic carbocycles. The van der Waals surface area contributed by atoms with Gasteiger partial charge in [-0.05, 0) is 23.6 Å². The molecular formula is C10H15N3. The highest BCUT2D eigenvalue weighted by atomic mass is 14.7. The standard InChI is InChI=1S/C10H15N3/c1-7(2)8-3-4-13-9(5-8)6-10(11)12/h3-5,7H,6H2,1-2H3,(H3,11,12). The quantitative estimate of drug-likeness (QED) is 0.545. The van der Waals surface area contributed by atoms with Crippen molar-refractivity contribution in [2.24, 2.45) is 5.73 Å². The van der Waals surface area contributed by atoms with Crippen molar-refractivity contribution in [2.75, 3.05) is 0 Å². The predicted molar refractivity (Wildman–Crippen MR) is 53.9 cm³/mol. The van der Waals surface area contributed by atoms with Gasteiger partial charge in [-0.25, -0.2) is 0 Å². The van der Waals surface area contributed by atoms with E-state index in [1.165, 1.54) is 5.56 Å². The molecule has 1 aromatic rings. The van der Waals surface area contributed by atoms with E-state index in [9.17, 15) is 0 Å². The molecule has 1 aromatic heterocycles. The fraction of sp³-hybridized carbons (Fsp3) is 0.400. The Morgan fingerprint density at radius 2 is 2.31 bits per heavy atom. The molecule has 0 saturated carbocycles. The Hall–Kier alpha value is -1.38. The molecule has 0 saturated heterocycles. The summed E-state index contributed by atoms with van der Waals surface area (Å²) in [4.78, 5) is 4.14. The van der Waals surface area contributed by atoms with Gasteiger partial charge in [-0.2, -0.15) is 0 Å². The number of hydrogen-bond donors (Lipinski definition) is 2. The molecule has 0 radical (unpaired) electrons. The van der Waals surface area contributed by atoms with Gasteiger partial charge in [0.2, 0.25) is 0 Å². The number of nitrogens with two attached hydrogens (primary N) is 1. The lowest BCUT2D eigenvalue weighted by atomic mass is 10.0. The van der Waals surface area contributed by atoms with Gasteiger partial charge in [0, 0.05) is 18.3 Å². The molecule has 0 fully saturated rings. The zero-order chi connectivity index (χ0) is 9.84. The van der Waals surface area contributed by atoms with E-state index in [1.807, 2.05) is 12.1 Å². The van der Waals surface area contributed by atoms with Crippen molar-refractivity contribution in [3.63, 3.8) is 0 Å². The molecule has 3 N–H and O–H groups in total. The van der Waals surface area contributed by atoms with Crippen LogP contribution in [0.15, 0.2) is 18.3 Å². The molecule has 1 rings (SSSR count). The van der Waals surface area contributed by atoms with Gasteiger partial charge in [-0.15, -0.1) is 0 Å². The number of hydrogen-bond acceptors (Lipinski definition) is 2. The largest absolute Gasteiger partial charge is 0.387 e. The van der Waals surface area contributed by atoms with Crippen LogP contribution in [-0.4, -0.2) is 10.8 Å². The van der Waals surface area contributed by atoms with Crippen LogP contribution in [0.3, 0.4) is 0 Å². The first kappa shape index (κ1) is 9.71. The minimum absolute atomic E-state index is 0.161. The molecule has 0 atom stereocenters. The average Bonchev–Trinajstić information content (AvgIpc) is 2.03. The van der Waals surface area contributed by atoms with Crippen molar-refractivity contribution in [3.05, 3.63) is 29.6 Å². The summed E-state index contributed by atoms with van der Waals surface area (Å²) in [5.41, 5.74) is 7.41. The fourth-order valence-corrected chi connectivity index (χ4v) is 1.15. The zero-order valence-corrected chi connectivity index (χ0v) is 8.04. The van der Waals surface area contributed by atoms with Crippen LogP contribution < -0.4 is 5.73 Å². The van der Waals surface area contributed by atoms with E-state index in [1.54, 1.807) is 6.20 Å². The molecular weight excluding hydrogens is 162 g/mol. The van der Waals surface area contributed by atoms with Crippen LogP contribution in [0.25, 0.3) is 0 Å². The van der Waals surface area contributed by atoms with Crippen LogP contribution in [0.1, 0.15) is 31.0 Å². The molecule has 0 amide bonds. The zero-order valence-electron chi connectivity index (χ0n) is 8.04. The lowest BCUT2D eigenvalue weighted by molar-refractivity contribution is 0.857. The van der Waals surface area contributed by atoms with Crippen molar-refractivity contribution < 1.29 is 0 Å². The SMILES string of the molecule is CC(C)c1ccnc(CC(=N)N)c1. The molecule has 3 heteroatoms. The second-order valence-electron chi connectivity index (χ2n) is 3.44. The van der Waals surface area contributed by atoms with Crippen molar-refractivity contribution in [1.29, 1.82) is 5.41 Å². The van der Waals surface area contributed by atoms with Gasteiger partial charge in [-0.1, -0.05) is 13.8 Å². The summed E-state index contributed by atoms with van der Waals surface area (Å²) in [6.07, 6.45) is 2.22. The Labute approximate surface area is 78.5 Å². The van der Waals surface area contributed by atoms with Crippen molar-refractivity contribution in [3.8, 4) is 0 Å². The van der Waals surface area contributed by atoms with E-state index in [2.05, 4.69) is 18.8 Å². The minimum Gasteiger partial charge on any atom is -0.387 e. The van der Waals surface area contributed by atoms with E-state index in [0.29, 0.717) is 12.3 Å². The summed E-state index contributed by atoms with van der Waals surface area (Å²) in [6, 6.07) is 4.00. The van der Waals surface area contributed by atoms with E-state index >= 15 is 0 Å². The van der Waals surface area contributed by atoms with Gasteiger partial charge in [0.25, 0.3) is 0 Å². The first-order valence-electron chi connectivity index (χ1n) is 4.37. The third-order valence-electron chi connectivity index (χ3n) is 1.88. The Morgan fingerprint density at radius 1 is 1.62 bits per heavy atom. The molecule has 1 heterocycles. The summed E-state index contributed by atoms with van der Waals surface area (Å²) in [5.74, 6) is 0.655. The first-order valence-corrected chi connectivity index (χ1v) is 4.37. The molecule has 3 nitrogen and oxygen atoms in total. The maximum Gasteiger partial charge on any atom is 0.0966 e. The van der Waals surface area contributed by atoms with Crippen molar-refractivity contribution in [2.45, 2.75) is 26.2 Å². The van der Waals surface area contributed by atoms with E-state index in [-0.39, 0.29) is 5.84 Å². The Bertz CT molecular complexity index is 305. The van der Waals surface area contributed by atoms with E-state index in [0.717, 1.165) is 5.69 Å². The second kappa shape index (κ2) is 4.03. The number of pyridine rings is 1. The maximum atomic E-state index is 7.15. The summed E-state index contributed by atoms with van der Waals surface area (Å²) in [6.45, 7) is 4.26. The number of rotatable bonds is 3. The highest BCUT2D eigenvalue weighted by Crippen LogP contribution is 2.13. The average molecular weight is 177 g/mol. The smallest absolute Gasteiger partial charge is 0.0966 e. The summed E-state index contributed by atoms with van der Waals surface area (Å²) in [5, 5.41) is 7.15. The molecule has 0 aliphatic heterocycles. The maximum absolute atomic E-state index is 7.15. The predicted octanol–water partition coefficient (Wildman–Crippen LogP) is 1.68. The topological polar surface area (TPSA) is 62.8 Å². The number of aromatic nitrogens is 1. The minimum atomic E-state index is 0.161. The number of nitrogens with zero attached hydrogens (tertiary/aromatic N) is 1. The van der Waals surface area contributed by atoms with Gasteiger partial charge >= 0.3 is 0 Å². The van der Waals surface area contributed by atoms with Crippen LogP contribution >= 0.6 is 0 Å². The van der Waals surface area contributed by atoms with Gasteiger partial charge in [0.1, 0.15) is 0 Å². The third-order valence-corrected chi connectivity index (χ3v) is 1.88. The Morgan fingerprint density at radius 3 is 2.85 bits per heavy atom. The molecule has 0 spiro atoms. The lowest BCUT2D eigenvalue weighted by Crippen LogP contribution is -2.13. The van der Waals surface area contributed by atoms with Gasteiger partial charge in [-0.3, -0.25) is 10.4 Å². The molecule has 13 heavy (non-hydrogen) atoms. The fourth-order valence-electron chi connectivity index (χ4n) is 1.15. The van der Waals surface area contributed by atoms with Crippen molar-refractivity contribution >= 4 is 5.84 Å². The van der Waals surface area contributed by atoms with Crippen LogP contribution in [0.2, 0.25) is 0 Å². The van der Waals surface area contributed by atoms with Gasteiger partial charge in [0.15, 0.2) is 0 Å². The lowest BCUT2D eigenvalue weighted by Gasteiger charge is -2.06. The molecule has 0 unspecified atom stereocenters. The van der Waals surface area contributed by atoms with Crippen LogP contribution in [-0.2, 0) is 6.42 Å². The van der Waals surface area contributed by atoms with E-state index < -0.39 is 0 Å². The van der Waals surface area contributed by atoms with Crippen molar-refractivity contribution in [1.82, 2.24) is 4.98 Å². The third kappa shape index (κ3) is 2.86. The Balaban J connectivity index is 2.85. The van der Waals surface area contributed by atoms with Gasteiger partial charge < -0.3 is 5.73 Å². The second-order valence-corrected chi connectivity index (χ2v) is 3.44. The number of amidine groups is 1. The summed E-state index contributed by atoms with van der Waals surface area (Å²) >= 11 is 0. The monoisotopic (exact) mass is 177 g/mol. The molecule has 0 aliphatic rings. The molecule has 0 bridgehead atoms. The Kier molecular flexibility index (Phi) is 3.01. The molecule has 0 aromatic carbocycles. The summed E-state index contributed by atoms with van der Waals surface area (Å²) < 4.78 is 0. The van der Waals surface area contributed by atoms with Gasteiger partial charge in [0.05, 0.1) is 5.84 Å². The summed E-state index contributed by atoms with van der Waals surface area (Å²) in [7, 11) is 0.